The van der Waals surface area contributed by atoms with Crippen LogP contribution in [0.25, 0.3) is 0 Å². The predicted molar refractivity (Wildman–Crippen MR) is 109 cm³/mol. The molecule has 4 unspecified atom stereocenters. The number of rotatable bonds is 12. The molecular weight excluding hydrogens is 424 g/mol. The minimum absolute atomic E-state index is 0.0818. The minimum Gasteiger partial charge on any atom is -0.481 e. The monoisotopic (exact) mass is 452 g/mol. The number of nitrogens with zero attached hydrogens (tertiary/aromatic N) is 1. The van der Waals surface area contributed by atoms with Crippen LogP contribution in [0, 0.1) is 0 Å². The third kappa shape index (κ3) is 7.65. The molecule has 0 saturated carbocycles. The van der Waals surface area contributed by atoms with Crippen LogP contribution in [0.4, 0.5) is 0 Å². The summed E-state index contributed by atoms with van der Waals surface area (Å²) in [6, 6.07) is -4.00. The summed E-state index contributed by atoms with van der Waals surface area (Å²) < 4.78 is 0. The van der Waals surface area contributed by atoms with E-state index in [9.17, 15) is 29.1 Å². The highest BCUT2D eigenvalue weighted by Crippen LogP contribution is 2.06. The summed E-state index contributed by atoms with van der Waals surface area (Å²) in [6.07, 6.45) is 3.51. The first kappa shape index (κ1) is 24.8. The maximum atomic E-state index is 12.7. The highest BCUT2D eigenvalue weighted by atomic mass is 16.4. The predicted octanol–water partition coefficient (Wildman–Crippen LogP) is -1.87. The number of carbonyl (C=O) groups excluding carboxylic acids is 3. The molecule has 4 atom stereocenters. The molecule has 1 aromatic heterocycles. The fourth-order valence-corrected chi connectivity index (χ4v) is 3.21. The number of aliphatic carboxylic acids is 2. The molecule has 13 heteroatoms. The Hall–Kier alpha value is -3.48. The van der Waals surface area contributed by atoms with Crippen LogP contribution in [0.1, 0.15) is 38.3 Å². The van der Waals surface area contributed by atoms with E-state index in [1.54, 1.807) is 0 Å². The standard InChI is InChI=1S/C19H28N6O7/c1-10(23-17(29)12-3-2-6-21-12)16(28)24-13(4-5-15(26)27)18(30)25-14(19(31)32)7-11-8-20-9-22-11/h8-10,12-14,21H,2-7H2,1H3,(H,20,22)(H,23,29)(H,24,28)(H,25,30)(H,26,27)(H,31,32). The third-order valence-corrected chi connectivity index (χ3v) is 5.00. The number of amides is 3. The van der Waals surface area contributed by atoms with Crippen molar-refractivity contribution in [3.05, 3.63) is 18.2 Å². The zero-order valence-corrected chi connectivity index (χ0v) is 17.6. The van der Waals surface area contributed by atoms with Crippen LogP contribution >= 0.6 is 0 Å². The molecule has 1 aromatic rings. The van der Waals surface area contributed by atoms with Crippen molar-refractivity contribution in [2.24, 2.45) is 0 Å². The molecule has 13 nitrogen and oxygen atoms in total. The molecule has 2 heterocycles. The molecule has 3 amide bonds. The maximum Gasteiger partial charge on any atom is 0.326 e. The van der Waals surface area contributed by atoms with Crippen molar-refractivity contribution in [3.8, 4) is 0 Å². The third-order valence-electron chi connectivity index (χ3n) is 5.00. The van der Waals surface area contributed by atoms with Gasteiger partial charge in [0.15, 0.2) is 0 Å². The van der Waals surface area contributed by atoms with E-state index in [4.69, 9.17) is 5.11 Å². The summed E-state index contributed by atoms with van der Waals surface area (Å²) in [4.78, 5) is 66.4. The summed E-state index contributed by atoms with van der Waals surface area (Å²) in [6.45, 7) is 2.14. The van der Waals surface area contributed by atoms with E-state index in [0.717, 1.165) is 6.42 Å². The molecule has 0 radical (unpaired) electrons. The second kappa shape index (κ2) is 11.8. The fraction of sp³-hybridized carbons (Fsp3) is 0.579. The van der Waals surface area contributed by atoms with Crippen LogP contribution in [0.15, 0.2) is 12.5 Å². The van der Waals surface area contributed by atoms with E-state index in [1.807, 2.05) is 0 Å². The summed E-state index contributed by atoms with van der Waals surface area (Å²) in [5.74, 6) is -4.37. The van der Waals surface area contributed by atoms with Crippen molar-refractivity contribution in [1.29, 1.82) is 0 Å². The van der Waals surface area contributed by atoms with Crippen molar-refractivity contribution in [1.82, 2.24) is 31.2 Å². The first-order valence-corrected chi connectivity index (χ1v) is 10.2. The SMILES string of the molecule is CC(NC(=O)C1CCCN1)C(=O)NC(CCC(=O)O)C(=O)NC(Cc1cnc[nH]1)C(=O)O. The lowest BCUT2D eigenvalue weighted by atomic mass is 10.1. The molecule has 1 aliphatic heterocycles. The Bertz CT molecular complexity index is 822. The highest BCUT2D eigenvalue weighted by Gasteiger charge is 2.30. The van der Waals surface area contributed by atoms with Crippen LogP contribution < -0.4 is 21.3 Å². The minimum atomic E-state index is -1.32. The van der Waals surface area contributed by atoms with Gasteiger partial charge in [-0.2, -0.15) is 0 Å². The Morgan fingerprint density at radius 1 is 1.12 bits per heavy atom. The van der Waals surface area contributed by atoms with E-state index in [2.05, 4.69) is 31.2 Å². The van der Waals surface area contributed by atoms with Gasteiger partial charge in [-0.05, 0) is 32.7 Å². The topological polar surface area (TPSA) is 203 Å². The number of carboxylic acid groups (broad SMARTS) is 2. The maximum absolute atomic E-state index is 12.7. The first-order valence-electron chi connectivity index (χ1n) is 10.2. The molecule has 1 aliphatic rings. The molecule has 1 fully saturated rings. The van der Waals surface area contributed by atoms with Crippen LogP contribution in [0.2, 0.25) is 0 Å². The Morgan fingerprint density at radius 2 is 1.84 bits per heavy atom. The molecule has 7 N–H and O–H groups in total. The van der Waals surface area contributed by atoms with Gasteiger partial charge >= 0.3 is 11.9 Å². The smallest absolute Gasteiger partial charge is 0.326 e. The van der Waals surface area contributed by atoms with E-state index < -0.39 is 54.3 Å². The number of carbonyl (C=O) groups is 5. The number of carboxylic acids is 2. The molecule has 0 aromatic carbocycles. The number of aromatic nitrogens is 2. The Labute approximate surface area is 183 Å². The summed E-state index contributed by atoms with van der Waals surface area (Å²) in [5.41, 5.74) is 0.473. The van der Waals surface area contributed by atoms with Crippen molar-refractivity contribution >= 4 is 29.7 Å². The number of hydrogen-bond acceptors (Lipinski definition) is 7. The molecule has 1 saturated heterocycles. The second-order valence-electron chi connectivity index (χ2n) is 7.55. The van der Waals surface area contributed by atoms with E-state index in [0.29, 0.717) is 18.7 Å². The van der Waals surface area contributed by atoms with Gasteiger partial charge < -0.3 is 36.5 Å². The zero-order chi connectivity index (χ0) is 23.7. The van der Waals surface area contributed by atoms with Gasteiger partial charge in [0.2, 0.25) is 17.7 Å². The zero-order valence-electron chi connectivity index (χ0n) is 17.6. The van der Waals surface area contributed by atoms with Crippen LogP contribution in [-0.2, 0) is 30.4 Å². The molecule has 2 rings (SSSR count). The number of hydrogen-bond donors (Lipinski definition) is 7. The first-order chi connectivity index (χ1) is 15.2. The van der Waals surface area contributed by atoms with Crippen molar-refractivity contribution in [2.45, 2.75) is 63.2 Å². The molecule has 32 heavy (non-hydrogen) atoms. The molecule has 176 valence electrons. The highest BCUT2D eigenvalue weighted by molar-refractivity contribution is 5.94. The van der Waals surface area contributed by atoms with E-state index >= 15 is 0 Å². The summed E-state index contributed by atoms with van der Waals surface area (Å²) in [7, 11) is 0. The number of aromatic amines is 1. The Balaban J connectivity index is 2.00. The Kier molecular flexibility index (Phi) is 9.13. The van der Waals surface area contributed by atoms with Gasteiger partial charge in [0, 0.05) is 24.7 Å². The summed E-state index contributed by atoms with van der Waals surface area (Å²) in [5, 5.41) is 28.7. The van der Waals surface area contributed by atoms with Crippen LogP contribution in [0.3, 0.4) is 0 Å². The van der Waals surface area contributed by atoms with Crippen molar-refractivity contribution < 1.29 is 34.2 Å². The lowest BCUT2D eigenvalue weighted by molar-refractivity contribution is -0.143. The lowest BCUT2D eigenvalue weighted by Crippen LogP contribution is -2.56. The van der Waals surface area contributed by atoms with Crippen LogP contribution in [-0.4, -0.2) is 80.6 Å². The summed E-state index contributed by atoms with van der Waals surface area (Å²) >= 11 is 0. The quantitative estimate of drug-likeness (QED) is 0.189. The van der Waals surface area contributed by atoms with Gasteiger partial charge in [0.1, 0.15) is 18.1 Å². The fourth-order valence-electron chi connectivity index (χ4n) is 3.21. The van der Waals surface area contributed by atoms with E-state index in [1.165, 1.54) is 19.4 Å². The van der Waals surface area contributed by atoms with Gasteiger partial charge in [-0.25, -0.2) is 9.78 Å². The molecule has 0 aliphatic carbocycles. The lowest BCUT2D eigenvalue weighted by Gasteiger charge is -2.23. The van der Waals surface area contributed by atoms with Gasteiger partial charge in [0.05, 0.1) is 12.4 Å². The normalized spacial score (nSPS) is 18.2. The van der Waals surface area contributed by atoms with Crippen molar-refractivity contribution in [3.63, 3.8) is 0 Å². The van der Waals surface area contributed by atoms with Gasteiger partial charge in [-0.3, -0.25) is 19.2 Å². The average Bonchev–Trinajstić information content (AvgIpc) is 3.44. The van der Waals surface area contributed by atoms with Gasteiger partial charge in [-0.15, -0.1) is 0 Å². The number of nitrogens with one attached hydrogen (secondary N) is 5. The Morgan fingerprint density at radius 3 is 2.41 bits per heavy atom. The average molecular weight is 452 g/mol. The van der Waals surface area contributed by atoms with Gasteiger partial charge in [-0.1, -0.05) is 0 Å². The van der Waals surface area contributed by atoms with Gasteiger partial charge in [0.25, 0.3) is 0 Å². The number of imidazole rings is 1. The molecule has 0 bridgehead atoms. The van der Waals surface area contributed by atoms with E-state index in [-0.39, 0.29) is 18.7 Å². The molecular formula is C19H28N6O7. The number of H-pyrrole nitrogens is 1. The van der Waals surface area contributed by atoms with Crippen molar-refractivity contribution in [2.75, 3.05) is 6.54 Å². The van der Waals surface area contributed by atoms with Crippen LogP contribution in [0.5, 0.6) is 0 Å². The second-order valence-corrected chi connectivity index (χ2v) is 7.55. The molecule has 0 spiro atoms. The largest absolute Gasteiger partial charge is 0.481 e.